The van der Waals surface area contributed by atoms with E-state index in [1.807, 2.05) is 24.3 Å². The third kappa shape index (κ3) is 4.70. The summed E-state index contributed by atoms with van der Waals surface area (Å²) in [4.78, 5) is 22.8. The van der Waals surface area contributed by atoms with E-state index in [1.165, 1.54) is 16.9 Å². The number of nitro groups is 1. The van der Waals surface area contributed by atoms with Gasteiger partial charge in [-0.25, -0.2) is 4.68 Å². The Bertz CT molecular complexity index is 985. The van der Waals surface area contributed by atoms with Gasteiger partial charge in [0.05, 0.1) is 23.0 Å². The first-order valence-corrected chi connectivity index (χ1v) is 8.69. The van der Waals surface area contributed by atoms with E-state index >= 15 is 0 Å². The van der Waals surface area contributed by atoms with E-state index < -0.39 is 10.8 Å². The van der Waals surface area contributed by atoms with Crippen LogP contribution in [0.4, 0.5) is 11.4 Å². The predicted octanol–water partition coefficient (Wildman–Crippen LogP) is 4.15. The van der Waals surface area contributed by atoms with Crippen LogP contribution in [0.5, 0.6) is 5.75 Å². The number of anilines is 1. The lowest BCUT2D eigenvalue weighted by molar-refractivity contribution is -0.385. The molecule has 0 aliphatic rings. The fourth-order valence-corrected chi connectivity index (χ4v) is 2.59. The molecule has 0 saturated carbocycles. The van der Waals surface area contributed by atoms with Gasteiger partial charge < -0.3 is 10.1 Å². The van der Waals surface area contributed by atoms with Crippen LogP contribution >= 0.6 is 15.9 Å². The van der Waals surface area contributed by atoms with Gasteiger partial charge in [0.1, 0.15) is 5.75 Å². The summed E-state index contributed by atoms with van der Waals surface area (Å²) in [5.74, 6) is 0.234. The maximum Gasteiger partial charge on any atom is 0.273 e. The van der Waals surface area contributed by atoms with E-state index in [0.717, 1.165) is 4.47 Å². The summed E-state index contributed by atoms with van der Waals surface area (Å²) in [6, 6.07) is 11.7. The van der Waals surface area contributed by atoms with Crippen molar-refractivity contribution in [3.63, 3.8) is 0 Å². The fourth-order valence-electron chi connectivity index (χ4n) is 2.32. The highest BCUT2D eigenvalue weighted by Crippen LogP contribution is 2.20. The Morgan fingerprint density at radius 3 is 2.74 bits per heavy atom. The second kappa shape index (κ2) is 8.00. The Morgan fingerprint density at radius 2 is 2.04 bits per heavy atom. The lowest BCUT2D eigenvalue weighted by atomic mass is 10.1. The number of rotatable bonds is 6. The van der Waals surface area contributed by atoms with Gasteiger partial charge in [0, 0.05) is 21.7 Å². The minimum absolute atomic E-state index is 0.0961. The molecular weight excluding hydrogens is 416 g/mol. The van der Waals surface area contributed by atoms with Gasteiger partial charge in [0.2, 0.25) is 0 Å². The molecule has 0 bridgehead atoms. The van der Waals surface area contributed by atoms with Gasteiger partial charge in [0.15, 0.2) is 6.73 Å². The van der Waals surface area contributed by atoms with Crippen LogP contribution in [0.25, 0.3) is 0 Å². The van der Waals surface area contributed by atoms with Crippen LogP contribution < -0.4 is 10.1 Å². The number of hydrogen-bond acceptors (Lipinski definition) is 5. The lowest BCUT2D eigenvalue weighted by Gasteiger charge is -2.06. The first kappa shape index (κ1) is 18.6. The summed E-state index contributed by atoms with van der Waals surface area (Å²) < 4.78 is 8.07. The first-order chi connectivity index (χ1) is 12.9. The Labute approximate surface area is 163 Å². The SMILES string of the molecule is Cc1ccc(C(=O)Nc2cnn(COc3ccc(Br)cc3)c2)cc1[N+](=O)[O-]. The molecule has 0 saturated heterocycles. The average Bonchev–Trinajstić information content (AvgIpc) is 3.08. The van der Waals surface area contributed by atoms with E-state index in [-0.39, 0.29) is 18.0 Å². The number of aromatic nitrogens is 2. The second-order valence-corrected chi connectivity index (χ2v) is 6.62. The summed E-state index contributed by atoms with van der Waals surface area (Å²) in [6.45, 7) is 1.79. The number of nitro benzene ring substituents is 1. The number of carbonyl (C=O) groups is 1. The topological polar surface area (TPSA) is 99.3 Å². The van der Waals surface area contributed by atoms with Crippen molar-refractivity contribution in [3.05, 3.63) is 80.6 Å². The summed E-state index contributed by atoms with van der Waals surface area (Å²) in [7, 11) is 0. The molecule has 0 aliphatic carbocycles. The lowest BCUT2D eigenvalue weighted by Crippen LogP contribution is -2.12. The summed E-state index contributed by atoms with van der Waals surface area (Å²) in [5.41, 5.74) is 1.06. The third-order valence-electron chi connectivity index (χ3n) is 3.74. The Balaban J connectivity index is 1.63. The highest BCUT2D eigenvalue weighted by molar-refractivity contribution is 9.10. The molecule has 1 aromatic heterocycles. The third-order valence-corrected chi connectivity index (χ3v) is 4.26. The fraction of sp³-hybridized carbons (Fsp3) is 0.111. The molecule has 0 radical (unpaired) electrons. The molecule has 27 heavy (non-hydrogen) atoms. The van der Waals surface area contributed by atoms with E-state index in [2.05, 4.69) is 26.3 Å². The van der Waals surface area contributed by atoms with Crippen molar-refractivity contribution in [2.75, 3.05) is 5.32 Å². The first-order valence-electron chi connectivity index (χ1n) is 7.89. The van der Waals surface area contributed by atoms with Crippen LogP contribution in [0, 0.1) is 17.0 Å². The number of amides is 1. The van der Waals surface area contributed by atoms with Gasteiger partial charge in [-0.05, 0) is 37.3 Å². The second-order valence-electron chi connectivity index (χ2n) is 5.71. The number of carbonyl (C=O) groups excluding carboxylic acids is 1. The number of ether oxygens (including phenoxy) is 1. The molecule has 0 unspecified atom stereocenters. The molecule has 0 aliphatic heterocycles. The molecule has 8 nitrogen and oxygen atoms in total. The quantitative estimate of drug-likeness (QED) is 0.467. The zero-order chi connectivity index (χ0) is 19.4. The summed E-state index contributed by atoms with van der Waals surface area (Å²) in [5, 5.41) is 17.8. The molecule has 2 aromatic carbocycles. The Morgan fingerprint density at radius 1 is 1.30 bits per heavy atom. The standard InChI is InChI=1S/C18H15BrN4O4/c1-12-2-3-13(8-17(12)23(25)26)18(24)21-15-9-20-22(10-15)11-27-16-6-4-14(19)5-7-16/h2-10H,11H2,1H3,(H,21,24). The molecule has 1 amide bonds. The van der Waals surface area contributed by atoms with Gasteiger partial charge >= 0.3 is 0 Å². The van der Waals surface area contributed by atoms with E-state index in [4.69, 9.17) is 4.74 Å². The number of benzene rings is 2. The summed E-state index contributed by atoms with van der Waals surface area (Å²) >= 11 is 3.35. The van der Waals surface area contributed by atoms with Gasteiger partial charge in [0.25, 0.3) is 11.6 Å². The van der Waals surface area contributed by atoms with E-state index in [1.54, 1.807) is 25.3 Å². The maximum atomic E-state index is 12.3. The van der Waals surface area contributed by atoms with Crippen molar-refractivity contribution in [2.45, 2.75) is 13.7 Å². The van der Waals surface area contributed by atoms with Crippen molar-refractivity contribution in [1.82, 2.24) is 9.78 Å². The van der Waals surface area contributed by atoms with Crippen LogP contribution in [0.15, 0.2) is 59.3 Å². The number of nitrogens with zero attached hydrogens (tertiary/aromatic N) is 3. The molecular formula is C18H15BrN4O4. The molecule has 3 aromatic rings. The van der Waals surface area contributed by atoms with Crippen LogP contribution in [0.1, 0.15) is 15.9 Å². The minimum Gasteiger partial charge on any atom is -0.471 e. The van der Waals surface area contributed by atoms with Gasteiger partial charge in [-0.3, -0.25) is 14.9 Å². The van der Waals surface area contributed by atoms with Crippen LogP contribution in [-0.2, 0) is 6.73 Å². The van der Waals surface area contributed by atoms with Crippen molar-refractivity contribution < 1.29 is 14.5 Å². The van der Waals surface area contributed by atoms with Crippen LogP contribution in [0.2, 0.25) is 0 Å². The zero-order valence-corrected chi connectivity index (χ0v) is 15.8. The molecule has 3 rings (SSSR count). The molecule has 1 N–H and O–H groups in total. The molecule has 138 valence electrons. The number of aryl methyl sites for hydroxylation is 1. The predicted molar refractivity (Wildman–Crippen MR) is 103 cm³/mol. The number of halogens is 1. The Kier molecular flexibility index (Phi) is 5.51. The number of hydrogen-bond donors (Lipinski definition) is 1. The molecule has 1 heterocycles. The van der Waals surface area contributed by atoms with E-state index in [0.29, 0.717) is 17.0 Å². The average molecular weight is 431 g/mol. The van der Waals surface area contributed by atoms with Crippen LogP contribution in [0.3, 0.4) is 0 Å². The van der Waals surface area contributed by atoms with Gasteiger partial charge in [-0.1, -0.05) is 22.0 Å². The highest BCUT2D eigenvalue weighted by atomic mass is 79.9. The zero-order valence-electron chi connectivity index (χ0n) is 14.3. The van der Waals surface area contributed by atoms with Crippen molar-refractivity contribution in [3.8, 4) is 5.75 Å². The normalized spacial score (nSPS) is 10.4. The molecule has 0 spiro atoms. The van der Waals surface area contributed by atoms with Gasteiger partial charge in [-0.15, -0.1) is 0 Å². The monoisotopic (exact) mass is 430 g/mol. The van der Waals surface area contributed by atoms with Gasteiger partial charge in [-0.2, -0.15) is 5.10 Å². The van der Waals surface area contributed by atoms with Crippen molar-refractivity contribution in [2.24, 2.45) is 0 Å². The molecule has 9 heteroatoms. The van der Waals surface area contributed by atoms with Crippen molar-refractivity contribution >= 4 is 33.2 Å². The molecule has 0 fully saturated rings. The van der Waals surface area contributed by atoms with E-state index in [9.17, 15) is 14.9 Å². The summed E-state index contributed by atoms with van der Waals surface area (Å²) in [6.07, 6.45) is 3.09. The highest BCUT2D eigenvalue weighted by Gasteiger charge is 2.15. The molecule has 0 atom stereocenters. The van der Waals surface area contributed by atoms with Crippen LogP contribution in [-0.4, -0.2) is 20.6 Å². The minimum atomic E-state index is -0.510. The smallest absolute Gasteiger partial charge is 0.273 e. The Hall–Kier alpha value is -3.20. The largest absolute Gasteiger partial charge is 0.471 e. The number of nitrogens with one attached hydrogen (secondary N) is 1. The maximum absolute atomic E-state index is 12.3. The van der Waals surface area contributed by atoms with Crippen molar-refractivity contribution in [1.29, 1.82) is 0 Å².